The molecule has 0 heterocycles. The molecular formula is C7H8F4. The number of hydrogen-bond donors (Lipinski definition) is 0. The van der Waals surface area contributed by atoms with Crippen molar-refractivity contribution in [1.82, 2.24) is 0 Å². The molecule has 2 saturated carbocycles. The van der Waals surface area contributed by atoms with E-state index in [2.05, 4.69) is 0 Å². The van der Waals surface area contributed by atoms with E-state index in [1.165, 1.54) is 0 Å². The molecule has 0 saturated heterocycles. The summed E-state index contributed by atoms with van der Waals surface area (Å²) in [6, 6.07) is 0. The lowest BCUT2D eigenvalue weighted by Gasteiger charge is -2.29. The SMILES string of the molecule is FC1C2CCC(F)(C2)C1(F)F. The number of alkyl halides is 4. The van der Waals surface area contributed by atoms with Crippen molar-refractivity contribution in [2.75, 3.05) is 0 Å². The van der Waals surface area contributed by atoms with Crippen LogP contribution in [0, 0.1) is 5.92 Å². The Morgan fingerprint density at radius 2 is 1.82 bits per heavy atom. The predicted molar refractivity (Wildman–Crippen MR) is 31.0 cm³/mol. The average molecular weight is 168 g/mol. The quantitative estimate of drug-likeness (QED) is 0.487. The van der Waals surface area contributed by atoms with Gasteiger partial charge in [0, 0.05) is 0 Å². The van der Waals surface area contributed by atoms with Crippen LogP contribution in [0.4, 0.5) is 17.6 Å². The van der Waals surface area contributed by atoms with Gasteiger partial charge in [-0.1, -0.05) is 0 Å². The molecule has 0 radical (unpaired) electrons. The van der Waals surface area contributed by atoms with E-state index in [1.807, 2.05) is 0 Å². The van der Waals surface area contributed by atoms with Gasteiger partial charge in [-0.3, -0.25) is 0 Å². The molecule has 0 spiro atoms. The van der Waals surface area contributed by atoms with Crippen LogP contribution in [0.1, 0.15) is 19.3 Å². The molecule has 0 aromatic carbocycles. The summed E-state index contributed by atoms with van der Waals surface area (Å²) in [6.07, 6.45) is -2.44. The molecule has 64 valence electrons. The molecule has 11 heavy (non-hydrogen) atoms. The summed E-state index contributed by atoms with van der Waals surface area (Å²) in [5.41, 5.74) is -2.53. The molecular weight excluding hydrogens is 160 g/mol. The van der Waals surface area contributed by atoms with Crippen molar-refractivity contribution in [1.29, 1.82) is 0 Å². The van der Waals surface area contributed by atoms with Gasteiger partial charge in [-0.15, -0.1) is 0 Å². The Labute approximate surface area is 61.6 Å². The van der Waals surface area contributed by atoms with Crippen molar-refractivity contribution in [3.63, 3.8) is 0 Å². The van der Waals surface area contributed by atoms with E-state index in [4.69, 9.17) is 0 Å². The molecule has 2 fully saturated rings. The first-order chi connectivity index (χ1) is 4.97. The predicted octanol–water partition coefficient (Wildman–Crippen LogP) is 2.48. The molecule has 0 aliphatic heterocycles. The highest BCUT2D eigenvalue weighted by Gasteiger charge is 2.71. The Balaban J connectivity index is 2.36. The zero-order valence-corrected chi connectivity index (χ0v) is 5.79. The van der Waals surface area contributed by atoms with E-state index in [0.29, 0.717) is 0 Å². The minimum absolute atomic E-state index is 0.176. The second-order valence-corrected chi connectivity index (χ2v) is 3.49. The van der Waals surface area contributed by atoms with Gasteiger partial charge in [-0.25, -0.2) is 8.78 Å². The van der Waals surface area contributed by atoms with Gasteiger partial charge in [-0.2, -0.15) is 8.78 Å². The maximum atomic E-state index is 13.1. The maximum Gasteiger partial charge on any atom is 0.312 e. The fourth-order valence-electron chi connectivity index (χ4n) is 2.13. The van der Waals surface area contributed by atoms with E-state index in [1.54, 1.807) is 0 Å². The molecule has 2 aliphatic rings. The van der Waals surface area contributed by atoms with E-state index >= 15 is 0 Å². The first-order valence-electron chi connectivity index (χ1n) is 3.68. The van der Waals surface area contributed by atoms with Crippen LogP contribution in [0.5, 0.6) is 0 Å². The third kappa shape index (κ3) is 0.656. The largest absolute Gasteiger partial charge is 0.312 e. The third-order valence-electron chi connectivity index (χ3n) is 2.85. The van der Waals surface area contributed by atoms with Gasteiger partial charge in [0.15, 0.2) is 11.8 Å². The molecule has 0 amide bonds. The van der Waals surface area contributed by atoms with Crippen molar-refractivity contribution >= 4 is 0 Å². The van der Waals surface area contributed by atoms with Crippen molar-refractivity contribution in [3.05, 3.63) is 0 Å². The fraction of sp³-hybridized carbons (Fsp3) is 1.00. The summed E-state index contributed by atoms with van der Waals surface area (Å²) in [4.78, 5) is 0. The smallest absolute Gasteiger partial charge is 0.240 e. The highest BCUT2D eigenvalue weighted by molar-refractivity contribution is 5.13. The summed E-state index contributed by atoms with van der Waals surface area (Å²) >= 11 is 0. The summed E-state index contributed by atoms with van der Waals surface area (Å²) in [5.74, 6) is -4.47. The molecule has 3 unspecified atom stereocenters. The van der Waals surface area contributed by atoms with Gasteiger partial charge in [-0.05, 0) is 25.2 Å². The Morgan fingerprint density at radius 1 is 1.18 bits per heavy atom. The molecule has 0 nitrogen and oxygen atoms in total. The van der Waals surface area contributed by atoms with Crippen LogP contribution in [-0.4, -0.2) is 17.8 Å². The Bertz CT molecular complexity index is 188. The molecule has 2 bridgehead atoms. The maximum absolute atomic E-state index is 13.1. The van der Waals surface area contributed by atoms with E-state index in [0.717, 1.165) is 0 Å². The molecule has 4 heteroatoms. The van der Waals surface area contributed by atoms with Crippen molar-refractivity contribution < 1.29 is 17.6 Å². The second kappa shape index (κ2) is 1.72. The van der Waals surface area contributed by atoms with Crippen molar-refractivity contribution in [2.45, 2.75) is 37.0 Å². The standard InChI is InChI=1S/C7H8F4/c8-5-4-1-2-6(9,3-4)7(5,10)11/h4-5H,1-3H2. The first-order valence-corrected chi connectivity index (χ1v) is 3.68. The normalized spacial score (nSPS) is 53.5. The van der Waals surface area contributed by atoms with Crippen LogP contribution >= 0.6 is 0 Å². The highest BCUT2D eigenvalue weighted by atomic mass is 19.3. The summed E-state index contributed by atoms with van der Waals surface area (Å²) in [6.45, 7) is 0. The molecule has 0 aromatic heterocycles. The summed E-state index contributed by atoms with van der Waals surface area (Å²) < 4.78 is 51.1. The lowest BCUT2D eigenvalue weighted by molar-refractivity contribution is -0.162. The van der Waals surface area contributed by atoms with Gasteiger partial charge < -0.3 is 0 Å². The molecule has 3 atom stereocenters. The average Bonchev–Trinajstić information content (AvgIpc) is 2.36. The number of rotatable bonds is 0. The highest BCUT2D eigenvalue weighted by Crippen LogP contribution is 2.59. The monoisotopic (exact) mass is 168 g/mol. The van der Waals surface area contributed by atoms with Gasteiger partial charge in [0.2, 0.25) is 0 Å². The molecule has 0 N–H and O–H groups in total. The first kappa shape index (κ1) is 7.37. The molecule has 0 aromatic rings. The van der Waals surface area contributed by atoms with E-state index in [-0.39, 0.29) is 19.3 Å². The van der Waals surface area contributed by atoms with Crippen molar-refractivity contribution in [3.8, 4) is 0 Å². The van der Waals surface area contributed by atoms with Gasteiger partial charge >= 0.3 is 5.92 Å². The van der Waals surface area contributed by atoms with Crippen molar-refractivity contribution in [2.24, 2.45) is 5.92 Å². The lowest BCUT2D eigenvalue weighted by atomic mass is 9.93. The van der Waals surface area contributed by atoms with Crippen LogP contribution < -0.4 is 0 Å². The van der Waals surface area contributed by atoms with Crippen LogP contribution in [0.15, 0.2) is 0 Å². The summed E-state index contributed by atoms with van der Waals surface area (Å²) in [7, 11) is 0. The van der Waals surface area contributed by atoms with Crippen LogP contribution in [0.3, 0.4) is 0 Å². The topological polar surface area (TPSA) is 0 Å². The van der Waals surface area contributed by atoms with Gasteiger partial charge in [0.1, 0.15) is 0 Å². The van der Waals surface area contributed by atoms with Gasteiger partial charge in [0.25, 0.3) is 0 Å². The minimum Gasteiger partial charge on any atom is -0.240 e. The fourth-order valence-corrected chi connectivity index (χ4v) is 2.13. The summed E-state index contributed by atoms with van der Waals surface area (Å²) in [5, 5.41) is 0. The number of fused-ring (bicyclic) bond motifs is 2. The Hall–Kier alpha value is -0.280. The van der Waals surface area contributed by atoms with Crippen LogP contribution in [0.25, 0.3) is 0 Å². The Kier molecular flexibility index (Phi) is 1.15. The van der Waals surface area contributed by atoms with E-state index in [9.17, 15) is 17.6 Å². The molecule has 2 rings (SSSR count). The van der Waals surface area contributed by atoms with Gasteiger partial charge in [0.05, 0.1) is 0 Å². The zero-order valence-electron chi connectivity index (χ0n) is 5.79. The minimum atomic E-state index is -3.73. The third-order valence-corrected chi connectivity index (χ3v) is 2.85. The Morgan fingerprint density at radius 3 is 2.09 bits per heavy atom. The number of halogens is 4. The van der Waals surface area contributed by atoms with Crippen LogP contribution in [0.2, 0.25) is 0 Å². The second-order valence-electron chi connectivity index (χ2n) is 3.49. The number of hydrogen-bond acceptors (Lipinski definition) is 0. The zero-order chi connectivity index (χ0) is 8.28. The molecule has 2 aliphatic carbocycles. The van der Waals surface area contributed by atoms with Crippen LogP contribution in [-0.2, 0) is 0 Å². The van der Waals surface area contributed by atoms with E-state index < -0.39 is 23.7 Å². The lowest BCUT2D eigenvalue weighted by Crippen LogP contribution is -2.46.